The van der Waals surface area contributed by atoms with Gasteiger partial charge in [0.1, 0.15) is 5.75 Å². The molecule has 7 heteroatoms. The van der Waals surface area contributed by atoms with Gasteiger partial charge in [0.05, 0.1) is 24.4 Å². The van der Waals surface area contributed by atoms with E-state index in [0.29, 0.717) is 24.3 Å². The molecule has 1 spiro atoms. The summed E-state index contributed by atoms with van der Waals surface area (Å²) in [6.45, 7) is 0.120. The highest BCUT2D eigenvalue weighted by atomic mass is 16.5. The molecule has 2 aromatic carbocycles. The van der Waals surface area contributed by atoms with Crippen molar-refractivity contribution in [1.29, 1.82) is 0 Å². The Morgan fingerprint density at radius 1 is 1.09 bits per heavy atom. The van der Waals surface area contributed by atoms with Gasteiger partial charge in [-0.15, -0.1) is 0 Å². The number of amides is 2. The number of benzene rings is 2. The van der Waals surface area contributed by atoms with Crippen LogP contribution >= 0.6 is 0 Å². The van der Waals surface area contributed by atoms with Crippen LogP contribution < -0.4 is 15.0 Å². The van der Waals surface area contributed by atoms with Crippen LogP contribution in [-0.2, 0) is 10.3 Å². The molecule has 1 atom stereocenters. The predicted molar refractivity (Wildman–Crippen MR) is 123 cm³/mol. The Morgan fingerprint density at radius 2 is 1.75 bits per heavy atom. The third kappa shape index (κ3) is 3.98. The Balaban J connectivity index is 1.55. The number of ether oxygens (including phenoxy) is 1. The standard InChI is InChI=1S/C25H31N3O4/c1-27(2)25(19-8-4-3-5-9-19)14-12-24(13-15-25)18-28(23(31)26-24)21-10-6-7-11-22(21)32-20(16-29)17-30/h3-11,16,20,30H,12-15,17-18H2,1-2H3,(H,26,31). The summed E-state index contributed by atoms with van der Waals surface area (Å²) in [6, 6.07) is 17.6. The SMILES string of the molecule is CN(C)C1(c2ccccc2)CCC2(CC1)CN(c1ccccc1OC(C=O)CO)C(=O)N2. The summed E-state index contributed by atoms with van der Waals surface area (Å²) < 4.78 is 5.66. The number of hydrogen-bond donors (Lipinski definition) is 2. The van der Waals surface area contributed by atoms with Crippen LogP contribution in [0.25, 0.3) is 0 Å². The Morgan fingerprint density at radius 3 is 2.38 bits per heavy atom. The average molecular weight is 438 g/mol. The lowest BCUT2D eigenvalue weighted by atomic mass is 9.69. The fourth-order valence-corrected chi connectivity index (χ4v) is 5.12. The van der Waals surface area contributed by atoms with E-state index in [1.807, 2.05) is 18.2 Å². The lowest BCUT2D eigenvalue weighted by molar-refractivity contribution is -0.115. The Labute approximate surface area is 189 Å². The lowest BCUT2D eigenvalue weighted by Crippen LogP contribution is -2.54. The Kier molecular flexibility index (Phi) is 6.22. The second-order valence-electron chi connectivity index (χ2n) is 9.03. The zero-order chi connectivity index (χ0) is 22.8. The molecule has 2 aliphatic rings. The number of hydrogen-bond acceptors (Lipinski definition) is 5. The monoisotopic (exact) mass is 437 g/mol. The number of carbonyl (C=O) groups excluding carboxylic acids is 2. The maximum absolute atomic E-state index is 13.0. The van der Waals surface area contributed by atoms with Gasteiger partial charge in [-0.25, -0.2) is 4.79 Å². The number of anilines is 1. The highest BCUT2D eigenvalue weighted by molar-refractivity contribution is 5.96. The van der Waals surface area contributed by atoms with Crippen LogP contribution in [-0.4, -0.2) is 61.2 Å². The van der Waals surface area contributed by atoms with Gasteiger partial charge in [0.25, 0.3) is 0 Å². The molecule has 2 aromatic rings. The summed E-state index contributed by atoms with van der Waals surface area (Å²) in [5.74, 6) is 0.411. The third-order valence-corrected chi connectivity index (χ3v) is 7.05. The van der Waals surface area contributed by atoms with Crippen molar-refractivity contribution in [2.45, 2.75) is 42.9 Å². The van der Waals surface area contributed by atoms with Gasteiger partial charge in [-0.3, -0.25) is 14.6 Å². The van der Waals surface area contributed by atoms with Gasteiger partial charge in [-0.05, 0) is 57.5 Å². The van der Waals surface area contributed by atoms with Crippen molar-refractivity contribution in [3.05, 3.63) is 60.2 Å². The van der Waals surface area contributed by atoms with Crippen LogP contribution in [0, 0.1) is 0 Å². The first-order valence-corrected chi connectivity index (χ1v) is 11.1. The molecule has 1 aliphatic heterocycles. The number of aldehydes is 1. The first-order valence-electron chi connectivity index (χ1n) is 11.1. The quantitative estimate of drug-likeness (QED) is 0.651. The molecule has 0 radical (unpaired) electrons. The number of aliphatic hydroxyl groups excluding tert-OH is 1. The first kappa shape index (κ1) is 22.3. The number of para-hydroxylation sites is 2. The minimum absolute atomic E-state index is 0.0516. The number of nitrogens with one attached hydrogen (secondary N) is 1. The fourth-order valence-electron chi connectivity index (χ4n) is 5.12. The minimum Gasteiger partial charge on any atom is -0.478 e. The molecule has 2 amide bonds. The molecule has 170 valence electrons. The van der Waals surface area contributed by atoms with Gasteiger partial charge in [-0.2, -0.15) is 0 Å². The van der Waals surface area contributed by atoms with Crippen LogP contribution in [0.5, 0.6) is 5.75 Å². The molecule has 0 aromatic heterocycles. The Hall–Kier alpha value is -2.90. The molecule has 2 N–H and O–H groups in total. The summed E-state index contributed by atoms with van der Waals surface area (Å²) in [5, 5.41) is 12.6. The topological polar surface area (TPSA) is 82.1 Å². The van der Waals surface area contributed by atoms with Crippen molar-refractivity contribution in [3.63, 3.8) is 0 Å². The van der Waals surface area contributed by atoms with E-state index in [1.54, 1.807) is 17.0 Å². The van der Waals surface area contributed by atoms with Gasteiger partial charge in [0, 0.05) is 5.54 Å². The zero-order valence-corrected chi connectivity index (χ0v) is 18.7. The van der Waals surface area contributed by atoms with E-state index in [-0.39, 0.29) is 17.1 Å². The van der Waals surface area contributed by atoms with Crippen molar-refractivity contribution in [2.24, 2.45) is 0 Å². The highest BCUT2D eigenvalue weighted by Gasteiger charge is 2.50. The largest absolute Gasteiger partial charge is 0.478 e. The predicted octanol–water partition coefficient (Wildman–Crippen LogP) is 2.92. The fraction of sp³-hybridized carbons (Fsp3) is 0.440. The van der Waals surface area contributed by atoms with Crippen molar-refractivity contribution in [1.82, 2.24) is 10.2 Å². The summed E-state index contributed by atoms with van der Waals surface area (Å²) in [7, 11) is 4.26. The molecular formula is C25H31N3O4. The minimum atomic E-state index is -0.961. The second kappa shape index (κ2) is 8.92. The number of rotatable bonds is 7. The molecule has 1 saturated carbocycles. The van der Waals surface area contributed by atoms with E-state index in [0.717, 1.165) is 25.7 Å². The van der Waals surface area contributed by atoms with E-state index < -0.39 is 12.7 Å². The van der Waals surface area contributed by atoms with Crippen molar-refractivity contribution in [3.8, 4) is 5.75 Å². The van der Waals surface area contributed by atoms with Crippen molar-refractivity contribution < 1.29 is 19.4 Å². The molecular weight excluding hydrogens is 406 g/mol. The van der Waals surface area contributed by atoms with Gasteiger partial charge < -0.3 is 15.2 Å². The van der Waals surface area contributed by atoms with Crippen molar-refractivity contribution >= 4 is 18.0 Å². The second-order valence-corrected chi connectivity index (χ2v) is 9.03. The van der Waals surface area contributed by atoms with Gasteiger partial charge in [0.15, 0.2) is 12.4 Å². The smallest absolute Gasteiger partial charge is 0.322 e. The lowest BCUT2D eigenvalue weighted by Gasteiger charge is -2.48. The highest BCUT2D eigenvalue weighted by Crippen LogP contribution is 2.47. The molecule has 4 rings (SSSR count). The molecule has 1 unspecified atom stereocenters. The van der Waals surface area contributed by atoms with Gasteiger partial charge in [-0.1, -0.05) is 42.5 Å². The van der Waals surface area contributed by atoms with E-state index in [4.69, 9.17) is 4.74 Å². The Bertz CT molecular complexity index is 955. The average Bonchev–Trinajstić information content (AvgIpc) is 3.14. The van der Waals surface area contributed by atoms with Crippen LogP contribution in [0.3, 0.4) is 0 Å². The number of carbonyl (C=O) groups is 2. The van der Waals surface area contributed by atoms with Crippen LogP contribution in [0.4, 0.5) is 10.5 Å². The summed E-state index contributed by atoms with van der Waals surface area (Å²) >= 11 is 0. The van der Waals surface area contributed by atoms with E-state index in [9.17, 15) is 14.7 Å². The molecule has 2 fully saturated rings. The molecule has 0 bridgehead atoms. The number of urea groups is 1. The molecule has 7 nitrogen and oxygen atoms in total. The van der Waals surface area contributed by atoms with Gasteiger partial charge in [0.2, 0.25) is 0 Å². The van der Waals surface area contributed by atoms with Crippen molar-refractivity contribution in [2.75, 3.05) is 32.1 Å². The first-order chi connectivity index (χ1) is 15.4. The molecule has 1 heterocycles. The van der Waals surface area contributed by atoms with Crippen LogP contribution in [0.1, 0.15) is 31.2 Å². The van der Waals surface area contributed by atoms with E-state index >= 15 is 0 Å². The summed E-state index contributed by atoms with van der Waals surface area (Å²) in [4.78, 5) is 28.2. The summed E-state index contributed by atoms with van der Waals surface area (Å²) in [6.07, 6.45) is 3.20. The molecule has 1 aliphatic carbocycles. The molecule has 1 saturated heterocycles. The normalized spacial score (nSPS) is 26.2. The van der Waals surface area contributed by atoms with E-state index in [1.165, 1.54) is 5.56 Å². The number of nitrogens with zero attached hydrogens (tertiary/aromatic N) is 2. The van der Waals surface area contributed by atoms with Crippen LogP contribution in [0.15, 0.2) is 54.6 Å². The summed E-state index contributed by atoms with van der Waals surface area (Å²) in [5.41, 5.74) is 1.56. The number of aliphatic hydroxyl groups is 1. The molecule has 32 heavy (non-hydrogen) atoms. The maximum atomic E-state index is 13.0. The van der Waals surface area contributed by atoms with Crippen LogP contribution in [0.2, 0.25) is 0 Å². The zero-order valence-electron chi connectivity index (χ0n) is 18.7. The maximum Gasteiger partial charge on any atom is 0.322 e. The van der Waals surface area contributed by atoms with E-state index in [2.05, 4.69) is 48.6 Å². The third-order valence-electron chi connectivity index (χ3n) is 7.05. The van der Waals surface area contributed by atoms with Gasteiger partial charge >= 0.3 is 6.03 Å².